The van der Waals surface area contributed by atoms with Crippen LogP contribution in [0, 0.1) is 6.92 Å². The minimum atomic E-state index is -1.89. The topological polar surface area (TPSA) is 89.3 Å². The van der Waals surface area contributed by atoms with Gasteiger partial charge in [-0.05, 0) is 25.5 Å². The zero-order valence-electron chi connectivity index (χ0n) is 12.7. The van der Waals surface area contributed by atoms with E-state index in [2.05, 4.69) is 4.98 Å². The highest BCUT2D eigenvalue weighted by Gasteiger charge is 2.31. The van der Waals surface area contributed by atoms with Crippen molar-refractivity contribution in [1.82, 2.24) is 9.55 Å². The fraction of sp³-hybridized carbons (Fsp3) is 0.333. The first-order valence-corrected chi connectivity index (χ1v) is 7.09. The maximum atomic E-state index is 12.8. The van der Waals surface area contributed by atoms with Crippen molar-refractivity contribution in [1.29, 1.82) is 0 Å². The summed E-state index contributed by atoms with van der Waals surface area (Å²) in [6.45, 7) is 1.50. The quantitative estimate of drug-likeness (QED) is 0.811. The van der Waals surface area contributed by atoms with E-state index >= 15 is 0 Å². The number of nitrogens with zero attached hydrogens (tertiary/aromatic N) is 2. The lowest BCUT2D eigenvalue weighted by molar-refractivity contribution is -0.132. The lowest BCUT2D eigenvalue weighted by atomic mass is 9.92. The summed E-state index contributed by atoms with van der Waals surface area (Å²) in [5, 5.41) is 10.1. The second-order valence-electron chi connectivity index (χ2n) is 5.20. The fourth-order valence-corrected chi connectivity index (χ4v) is 2.90. The van der Waals surface area contributed by atoms with Gasteiger partial charge in [0.25, 0.3) is 5.56 Å². The van der Waals surface area contributed by atoms with Crippen molar-refractivity contribution in [2.24, 2.45) is 0 Å². The van der Waals surface area contributed by atoms with Crippen molar-refractivity contribution in [2.45, 2.75) is 32.2 Å². The molecule has 114 valence electrons. The van der Waals surface area contributed by atoms with Crippen molar-refractivity contribution in [3.63, 3.8) is 0 Å². The van der Waals surface area contributed by atoms with Crippen molar-refractivity contribution in [3.05, 3.63) is 33.3 Å². The molecule has 0 bridgehead atoms. The van der Waals surface area contributed by atoms with Crippen molar-refractivity contribution in [3.8, 4) is 5.75 Å². The van der Waals surface area contributed by atoms with Gasteiger partial charge in [0, 0.05) is 11.4 Å². The Morgan fingerprint density at radius 3 is 2.82 bits per heavy atom. The average Bonchev–Trinajstić information content (AvgIpc) is 2.42. The number of phenols is 1. The smallest absolute Gasteiger partial charge is 0.265 e. The number of phenolic OH excluding ortho intramolecular Hbond substituents is 1. The monoisotopic (exact) mass is 321 g/mol. The molecule has 0 radical (unpaired) electrons. The summed E-state index contributed by atoms with van der Waals surface area (Å²) in [6.07, 6.45) is -0.418. The van der Waals surface area contributed by atoms with Gasteiger partial charge in [-0.3, -0.25) is 19.0 Å². The van der Waals surface area contributed by atoms with E-state index in [0.717, 1.165) is 4.57 Å². The summed E-state index contributed by atoms with van der Waals surface area (Å²) in [4.78, 5) is 40.6. The van der Waals surface area contributed by atoms with Crippen LogP contribution in [-0.4, -0.2) is 26.2 Å². The zero-order chi connectivity index (χ0) is 16.9. The third-order valence-electron chi connectivity index (χ3n) is 3.67. The number of aromatic hydroxyl groups is 1. The van der Waals surface area contributed by atoms with E-state index in [1.165, 1.54) is 19.1 Å². The normalized spacial score (nSPS) is 22.9. The largest absolute Gasteiger partial charge is 0.507 e. The first-order chi connectivity index (χ1) is 10.7. The molecule has 1 saturated carbocycles. The molecule has 1 aromatic heterocycles. The SMILES string of the molecule is [2H][C@]1(n2c(C)nc3cc(Cl)cc(O)c3c2=O)CCC(=O)CC1=O. The van der Waals surface area contributed by atoms with Crippen LogP contribution in [0.25, 0.3) is 10.9 Å². The molecule has 0 unspecified atom stereocenters. The molecule has 0 aliphatic heterocycles. The summed E-state index contributed by atoms with van der Waals surface area (Å²) in [5.41, 5.74) is -0.504. The van der Waals surface area contributed by atoms with Gasteiger partial charge in [-0.2, -0.15) is 0 Å². The Kier molecular flexibility index (Phi) is 3.18. The lowest BCUT2D eigenvalue weighted by Gasteiger charge is -2.24. The molecule has 0 amide bonds. The van der Waals surface area contributed by atoms with E-state index in [9.17, 15) is 19.5 Å². The highest BCUT2D eigenvalue weighted by Crippen LogP contribution is 2.28. The maximum absolute atomic E-state index is 12.8. The Balaban J connectivity index is 2.33. The molecule has 1 fully saturated rings. The van der Waals surface area contributed by atoms with E-state index < -0.39 is 17.4 Å². The summed E-state index contributed by atoms with van der Waals surface area (Å²) in [6, 6.07) is 0.746. The average molecular weight is 322 g/mol. The predicted octanol–water partition coefficient (Wildman–Crippen LogP) is 1.93. The van der Waals surface area contributed by atoms with Gasteiger partial charge in [0.15, 0.2) is 5.78 Å². The zero-order valence-corrected chi connectivity index (χ0v) is 12.5. The number of hydrogen-bond donors (Lipinski definition) is 1. The Morgan fingerprint density at radius 1 is 1.41 bits per heavy atom. The molecule has 3 rings (SSSR count). The molecule has 1 heterocycles. The highest BCUT2D eigenvalue weighted by molar-refractivity contribution is 6.31. The van der Waals surface area contributed by atoms with Gasteiger partial charge in [0.2, 0.25) is 0 Å². The molecular weight excluding hydrogens is 308 g/mol. The van der Waals surface area contributed by atoms with Crippen LogP contribution in [0.5, 0.6) is 5.75 Å². The van der Waals surface area contributed by atoms with Crippen molar-refractivity contribution in [2.75, 3.05) is 0 Å². The number of ketones is 2. The molecule has 1 aromatic carbocycles. The van der Waals surface area contributed by atoms with Gasteiger partial charge in [-0.1, -0.05) is 11.6 Å². The number of rotatable bonds is 1. The van der Waals surface area contributed by atoms with Crippen LogP contribution >= 0.6 is 11.6 Å². The maximum Gasteiger partial charge on any atom is 0.265 e. The van der Waals surface area contributed by atoms with Gasteiger partial charge >= 0.3 is 0 Å². The van der Waals surface area contributed by atoms with E-state index in [4.69, 9.17) is 13.0 Å². The summed E-state index contributed by atoms with van der Waals surface area (Å²) in [5.74, 6) is -1.09. The first-order valence-electron chi connectivity index (χ1n) is 7.21. The highest BCUT2D eigenvalue weighted by atomic mass is 35.5. The second-order valence-corrected chi connectivity index (χ2v) is 5.64. The van der Waals surface area contributed by atoms with Crippen LogP contribution in [0.1, 0.15) is 32.5 Å². The van der Waals surface area contributed by atoms with Crippen LogP contribution < -0.4 is 5.56 Å². The van der Waals surface area contributed by atoms with Crippen molar-refractivity contribution < 1.29 is 16.1 Å². The second kappa shape index (κ2) is 5.21. The molecule has 6 nitrogen and oxygen atoms in total. The van der Waals surface area contributed by atoms with Gasteiger partial charge in [-0.15, -0.1) is 0 Å². The summed E-state index contributed by atoms with van der Waals surface area (Å²) >= 11 is 5.85. The Morgan fingerprint density at radius 2 is 2.14 bits per heavy atom. The Hall–Kier alpha value is -2.21. The summed E-state index contributed by atoms with van der Waals surface area (Å²) < 4.78 is 9.40. The predicted molar refractivity (Wildman–Crippen MR) is 80.3 cm³/mol. The van der Waals surface area contributed by atoms with Gasteiger partial charge in [0.05, 0.1) is 19.3 Å². The number of halogens is 1. The molecule has 1 aliphatic carbocycles. The number of aryl methyl sites for hydroxylation is 1. The number of carbonyl (C=O) groups excluding carboxylic acids is 2. The number of benzene rings is 1. The fourth-order valence-electron chi connectivity index (χ4n) is 2.69. The first kappa shape index (κ1) is 13.5. The number of fused-ring (bicyclic) bond motifs is 1. The summed E-state index contributed by atoms with van der Waals surface area (Å²) in [7, 11) is 0. The van der Waals surface area contributed by atoms with E-state index in [0.29, 0.717) is 0 Å². The Labute approximate surface area is 131 Å². The standard InChI is InChI=1S/C15H13ClN2O4/c1-7-17-10-4-8(16)5-13(21)14(10)15(22)18(7)11-3-2-9(19)6-12(11)20/h4-5,11,21H,2-3,6H2,1H3/t11-/m0/s1/i11D. The molecule has 7 heteroatoms. The minimum absolute atomic E-state index is 0.0474. The van der Waals surface area contributed by atoms with E-state index in [1.807, 2.05) is 0 Å². The third kappa shape index (κ3) is 2.29. The number of carbonyl (C=O) groups is 2. The van der Waals surface area contributed by atoms with Gasteiger partial charge < -0.3 is 5.11 Å². The van der Waals surface area contributed by atoms with Crippen molar-refractivity contribution >= 4 is 34.1 Å². The Bertz CT molecular complexity index is 924. The van der Waals surface area contributed by atoms with Crippen LogP contribution in [-0.2, 0) is 9.59 Å². The molecule has 22 heavy (non-hydrogen) atoms. The van der Waals surface area contributed by atoms with E-state index in [1.54, 1.807) is 0 Å². The van der Waals surface area contributed by atoms with Crippen LogP contribution in [0.2, 0.25) is 5.02 Å². The number of Topliss-reactive ketones (excluding diaryl/α,β-unsaturated/α-hetero) is 2. The van der Waals surface area contributed by atoms with Crippen LogP contribution in [0.15, 0.2) is 16.9 Å². The molecule has 1 aliphatic rings. The molecule has 0 spiro atoms. The molecular formula is C15H13ClN2O4. The number of hydrogen-bond acceptors (Lipinski definition) is 5. The minimum Gasteiger partial charge on any atom is -0.507 e. The van der Waals surface area contributed by atoms with Crippen LogP contribution in [0.3, 0.4) is 0 Å². The lowest BCUT2D eigenvalue weighted by Crippen LogP contribution is -2.36. The number of aromatic nitrogens is 2. The molecule has 0 saturated heterocycles. The molecule has 2 aromatic rings. The van der Waals surface area contributed by atoms with Crippen LogP contribution in [0.4, 0.5) is 0 Å². The van der Waals surface area contributed by atoms with Gasteiger partial charge in [-0.25, -0.2) is 4.98 Å². The third-order valence-corrected chi connectivity index (χ3v) is 3.89. The molecule has 1 N–H and O–H groups in total. The molecule has 1 atom stereocenters. The van der Waals surface area contributed by atoms with Gasteiger partial charge in [0.1, 0.15) is 22.7 Å². The van der Waals surface area contributed by atoms with E-state index in [-0.39, 0.29) is 52.5 Å².